The van der Waals surface area contributed by atoms with E-state index >= 15 is 0 Å². The number of carbonyl (C=O) groups excluding carboxylic acids is 3. The number of methoxy groups -OCH3 is 1. The lowest BCUT2D eigenvalue weighted by Crippen LogP contribution is -2.51. The Morgan fingerprint density at radius 1 is 1.07 bits per heavy atom. The van der Waals surface area contributed by atoms with Gasteiger partial charge in [-0.2, -0.15) is 0 Å². The number of ether oxygens (including phenoxy) is 2. The third-order valence-electron chi connectivity index (χ3n) is 7.47. The average Bonchev–Trinajstić information content (AvgIpc) is 3.42. The topological polar surface area (TPSA) is 114 Å². The Morgan fingerprint density at radius 2 is 1.86 bits per heavy atom. The zero-order chi connectivity index (χ0) is 29.3. The summed E-state index contributed by atoms with van der Waals surface area (Å²) in [7, 11) is 1.61. The van der Waals surface area contributed by atoms with Gasteiger partial charge in [-0.25, -0.2) is 9.78 Å². The molecule has 2 aliphatic rings. The first-order chi connectivity index (χ1) is 20.4. The van der Waals surface area contributed by atoms with Gasteiger partial charge in [0.15, 0.2) is 5.69 Å². The largest absolute Gasteiger partial charge is 0.438 e. The summed E-state index contributed by atoms with van der Waals surface area (Å²) in [4.78, 5) is 54.1. The second-order valence-electron chi connectivity index (χ2n) is 10.2. The molecule has 2 aromatic heterocycles. The number of H-pyrrole nitrogens is 1. The number of para-hydroxylation sites is 3. The number of ketones is 2. The quantitative estimate of drug-likeness (QED) is 0.245. The number of fused-ring (bicyclic) bond motifs is 3. The molecule has 0 spiro atoms. The van der Waals surface area contributed by atoms with Gasteiger partial charge in [0.05, 0.1) is 23.8 Å². The van der Waals surface area contributed by atoms with Crippen molar-refractivity contribution in [3.8, 4) is 0 Å². The van der Waals surface area contributed by atoms with Crippen LogP contribution >= 0.6 is 0 Å². The Bertz CT molecular complexity index is 1860. The maximum atomic E-state index is 13.8. The smallest absolute Gasteiger partial charge is 0.360 e. The van der Waals surface area contributed by atoms with Crippen molar-refractivity contribution in [2.45, 2.75) is 18.9 Å². The van der Waals surface area contributed by atoms with Crippen LogP contribution in [0.1, 0.15) is 23.0 Å². The van der Waals surface area contributed by atoms with Gasteiger partial charge in [0.25, 0.3) is 0 Å². The highest BCUT2D eigenvalue weighted by atomic mass is 16.6. The van der Waals surface area contributed by atoms with Crippen LogP contribution in [0.3, 0.4) is 0 Å². The summed E-state index contributed by atoms with van der Waals surface area (Å²) >= 11 is 0. The monoisotopic (exact) mass is 560 g/mol. The molecular formula is C33H28N4O5. The van der Waals surface area contributed by atoms with E-state index < -0.39 is 23.1 Å². The standard InChI is InChI=1S/C33H28N4O5/c1-33(42-32(40)29-19-35-27-11-5-6-12-28(27)36-29)30(38)17-22-16-23(8-7-15-41-2)37(20-25(22)31(33)39)14-13-21-18-34-26-10-4-3-9-24(21)26/h3-12,16-20,34H,13-15H2,1-2H3/b8-7+. The first kappa shape index (κ1) is 27.0. The van der Waals surface area contributed by atoms with E-state index in [1.165, 1.54) is 19.2 Å². The van der Waals surface area contributed by atoms with Crippen molar-refractivity contribution < 1.29 is 23.9 Å². The molecule has 1 aliphatic carbocycles. The zero-order valence-corrected chi connectivity index (χ0v) is 23.2. The fraction of sp³-hybridized carbons (Fsp3) is 0.182. The van der Waals surface area contributed by atoms with E-state index in [-0.39, 0.29) is 11.3 Å². The molecule has 42 heavy (non-hydrogen) atoms. The SMILES string of the molecule is COC/C=C/C1=CC2=CC(=O)C(C)(OC(=O)c3cnc4ccccc4n3)C(=O)C2=CN1CCc1c[nH]c2ccccc12. The minimum Gasteiger partial charge on any atom is -0.438 e. The van der Waals surface area contributed by atoms with E-state index in [1.54, 1.807) is 37.6 Å². The second kappa shape index (κ2) is 11.0. The highest BCUT2D eigenvalue weighted by Crippen LogP contribution is 2.35. The summed E-state index contributed by atoms with van der Waals surface area (Å²) in [5.41, 5.74) is 2.73. The van der Waals surface area contributed by atoms with Crippen molar-refractivity contribution in [2.24, 2.45) is 0 Å². The number of carbonyl (C=O) groups is 3. The van der Waals surface area contributed by atoms with Crippen molar-refractivity contribution in [3.63, 3.8) is 0 Å². The lowest BCUT2D eigenvalue weighted by Gasteiger charge is -2.34. The van der Waals surface area contributed by atoms with Gasteiger partial charge in [-0.1, -0.05) is 36.4 Å². The number of aromatic amines is 1. The lowest BCUT2D eigenvalue weighted by atomic mass is 9.79. The minimum atomic E-state index is -2.04. The third kappa shape index (κ3) is 4.95. The van der Waals surface area contributed by atoms with Crippen LogP contribution in [0.15, 0.2) is 108 Å². The van der Waals surface area contributed by atoms with Crippen molar-refractivity contribution in [2.75, 3.05) is 20.3 Å². The molecule has 0 radical (unpaired) electrons. The Balaban J connectivity index is 1.29. The molecule has 9 nitrogen and oxygen atoms in total. The van der Waals surface area contributed by atoms with Crippen LogP contribution in [0.5, 0.6) is 0 Å². The molecule has 1 unspecified atom stereocenters. The second-order valence-corrected chi connectivity index (χ2v) is 10.2. The number of esters is 1. The molecule has 0 amide bonds. The highest BCUT2D eigenvalue weighted by Gasteiger charge is 2.49. The van der Waals surface area contributed by atoms with Crippen molar-refractivity contribution >= 4 is 39.5 Å². The summed E-state index contributed by atoms with van der Waals surface area (Å²) in [5.74, 6) is -2.12. The van der Waals surface area contributed by atoms with Gasteiger partial charge in [-0.15, -0.1) is 0 Å². The molecule has 0 bridgehead atoms. The van der Waals surface area contributed by atoms with Crippen LogP contribution in [0, 0.1) is 0 Å². The normalized spacial score (nSPS) is 18.7. The average molecular weight is 561 g/mol. The maximum Gasteiger partial charge on any atom is 0.360 e. The third-order valence-corrected chi connectivity index (χ3v) is 7.47. The fourth-order valence-electron chi connectivity index (χ4n) is 5.15. The van der Waals surface area contributed by atoms with E-state index in [1.807, 2.05) is 47.5 Å². The molecule has 2 aromatic carbocycles. The van der Waals surface area contributed by atoms with E-state index in [0.717, 1.165) is 22.2 Å². The van der Waals surface area contributed by atoms with Crippen LogP contribution < -0.4 is 0 Å². The van der Waals surface area contributed by atoms with Crippen LogP contribution in [-0.4, -0.2) is 63.3 Å². The van der Waals surface area contributed by atoms with Crippen molar-refractivity contribution in [1.29, 1.82) is 0 Å². The lowest BCUT2D eigenvalue weighted by molar-refractivity contribution is -0.145. The number of aromatic nitrogens is 3. The molecule has 6 rings (SSSR count). The van der Waals surface area contributed by atoms with E-state index in [9.17, 15) is 14.4 Å². The van der Waals surface area contributed by atoms with Gasteiger partial charge in [0.1, 0.15) is 0 Å². The number of rotatable bonds is 8. The van der Waals surface area contributed by atoms with Crippen LogP contribution in [0.2, 0.25) is 0 Å². The van der Waals surface area contributed by atoms with Crippen LogP contribution in [0.25, 0.3) is 21.9 Å². The number of nitrogens with zero attached hydrogens (tertiary/aromatic N) is 3. The predicted octanol–water partition coefficient (Wildman–Crippen LogP) is 4.63. The molecule has 210 valence electrons. The first-order valence-corrected chi connectivity index (χ1v) is 13.5. The van der Waals surface area contributed by atoms with Crippen LogP contribution in [-0.2, 0) is 25.5 Å². The molecule has 1 aliphatic heterocycles. The van der Waals surface area contributed by atoms with E-state index in [4.69, 9.17) is 9.47 Å². The summed E-state index contributed by atoms with van der Waals surface area (Å²) < 4.78 is 10.8. The number of hydrogen-bond acceptors (Lipinski definition) is 8. The number of Topliss-reactive ketones (excluding diaryl/α,β-unsaturated/α-hetero) is 1. The summed E-state index contributed by atoms with van der Waals surface area (Å²) in [6, 6.07) is 15.2. The molecule has 0 saturated carbocycles. The van der Waals surface area contributed by atoms with E-state index in [0.29, 0.717) is 36.2 Å². The molecule has 1 N–H and O–H groups in total. The number of benzene rings is 2. The molecule has 3 heterocycles. The molecule has 1 atom stereocenters. The van der Waals surface area contributed by atoms with Gasteiger partial charge in [0.2, 0.25) is 17.2 Å². The Morgan fingerprint density at radius 3 is 2.69 bits per heavy atom. The maximum absolute atomic E-state index is 13.8. The molecule has 9 heteroatoms. The van der Waals surface area contributed by atoms with Crippen molar-refractivity contribution in [3.05, 3.63) is 120 Å². The number of nitrogens with one attached hydrogen (secondary N) is 1. The Hall–Kier alpha value is -5.15. The zero-order valence-electron chi connectivity index (χ0n) is 23.2. The van der Waals surface area contributed by atoms with Gasteiger partial charge in [0, 0.05) is 48.2 Å². The van der Waals surface area contributed by atoms with Crippen LogP contribution in [0.4, 0.5) is 0 Å². The molecule has 0 fully saturated rings. The van der Waals surface area contributed by atoms with Gasteiger partial charge in [-0.05, 0) is 60.9 Å². The summed E-state index contributed by atoms with van der Waals surface area (Å²) in [5, 5.41) is 1.14. The number of hydrogen-bond donors (Lipinski definition) is 1. The molecule has 4 aromatic rings. The molecular weight excluding hydrogens is 532 g/mol. The Kier molecular flexibility index (Phi) is 7.10. The van der Waals surface area contributed by atoms with Gasteiger partial charge < -0.3 is 19.4 Å². The van der Waals surface area contributed by atoms with Gasteiger partial charge >= 0.3 is 5.97 Å². The predicted molar refractivity (Wildman–Crippen MR) is 157 cm³/mol. The summed E-state index contributed by atoms with van der Waals surface area (Å²) in [6.07, 6.45) is 12.6. The van der Waals surface area contributed by atoms with Crippen molar-refractivity contribution in [1.82, 2.24) is 19.9 Å². The highest BCUT2D eigenvalue weighted by molar-refractivity contribution is 6.26. The first-order valence-electron chi connectivity index (χ1n) is 13.5. The van der Waals surface area contributed by atoms with Gasteiger partial charge in [-0.3, -0.25) is 14.6 Å². The Labute approximate surface area is 241 Å². The number of allylic oxidation sites excluding steroid dienone is 3. The minimum absolute atomic E-state index is 0.0891. The fourth-order valence-corrected chi connectivity index (χ4v) is 5.15. The summed E-state index contributed by atoms with van der Waals surface area (Å²) in [6.45, 7) is 2.30. The van der Waals surface area contributed by atoms with E-state index in [2.05, 4.69) is 21.0 Å². The molecule has 0 saturated heterocycles.